The minimum absolute atomic E-state index is 0.121. The molecule has 0 nitrogen and oxygen atoms in total. The summed E-state index contributed by atoms with van der Waals surface area (Å²) in [5, 5.41) is 0. The summed E-state index contributed by atoms with van der Waals surface area (Å²) in [5.41, 5.74) is 0. The highest BCUT2D eigenvalue weighted by atomic mass is 19.2. The van der Waals surface area contributed by atoms with Crippen molar-refractivity contribution in [2.75, 3.05) is 0 Å². The van der Waals surface area contributed by atoms with E-state index in [1.54, 1.807) is 13.8 Å². The van der Waals surface area contributed by atoms with Crippen molar-refractivity contribution < 1.29 is 8.78 Å². The van der Waals surface area contributed by atoms with Crippen molar-refractivity contribution in [3.8, 4) is 0 Å². The summed E-state index contributed by atoms with van der Waals surface area (Å²) >= 11 is 0. The maximum absolute atomic E-state index is 14.3. The molecule has 24 heavy (non-hydrogen) atoms. The molecule has 2 rings (SSSR count). The van der Waals surface area contributed by atoms with Crippen molar-refractivity contribution in [3.63, 3.8) is 0 Å². The first-order valence-corrected chi connectivity index (χ1v) is 10.7. The molecule has 0 bridgehead atoms. The Bertz CT molecular complexity index is 312. The van der Waals surface area contributed by atoms with Gasteiger partial charge in [-0.3, -0.25) is 0 Å². The first-order chi connectivity index (χ1) is 11.4. The number of alkyl halides is 2. The molecule has 3 unspecified atom stereocenters. The first-order valence-electron chi connectivity index (χ1n) is 10.7. The van der Waals surface area contributed by atoms with E-state index >= 15 is 0 Å². The topological polar surface area (TPSA) is 0 Å². The minimum atomic E-state index is -1.30. The van der Waals surface area contributed by atoms with Gasteiger partial charge in [-0.2, -0.15) is 0 Å². The Hall–Kier alpha value is -0.140. The molecule has 2 aliphatic rings. The molecule has 2 fully saturated rings. The van der Waals surface area contributed by atoms with Crippen LogP contribution in [0.1, 0.15) is 92.9 Å². The zero-order valence-electron chi connectivity index (χ0n) is 17.0. The Kier molecular flexibility index (Phi) is 9.82. The lowest BCUT2D eigenvalue weighted by atomic mass is 9.67. The molecule has 2 aliphatic carbocycles. The molecule has 0 aromatic carbocycles. The molecular formula is C22H42F2. The van der Waals surface area contributed by atoms with Crippen molar-refractivity contribution in [2.45, 2.75) is 105 Å². The fourth-order valence-corrected chi connectivity index (χ4v) is 4.82. The first kappa shape index (κ1) is 21.9. The lowest BCUT2D eigenvalue weighted by Crippen LogP contribution is -2.35. The Morgan fingerprint density at radius 1 is 0.667 bits per heavy atom. The summed E-state index contributed by atoms with van der Waals surface area (Å²) in [6.45, 7) is 11.9. The molecule has 0 heterocycles. The third-order valence-electron chi connectivity index (χ3n) is 6.73. The van der Waals surface area contributed by atoms with Gasteiger partial charge < -0.3 is 0 Å². The third kappa shape index (κ3) is 5.99. The summed E-state index contributed by atoms with van der Waals surface area (Å²) in [6, 6.07) is 0. The smallest absolute Gasteiger partial charge is 0.134 e. The number of hydrogen-bond acceptors (Lipinski definition) is 0. The minimum Gasteiger partial charge on any atom is -0.244 e. The lowest BCUT2D eigenvalue weighted by molar-refractivity contribution is 0.0384. The second-order valence-electron chi connectivity index (χ2n) is 8.69. The maximum Gasteiger partial charge on any atom is 0.134 e. The van der Waals surface area contributed by atoms with Crippen molar-refractivity contribution in [1.29, 1.82) is 0 Å². The Balaban J connectivity index is 0.00000139. The summed E-state index contributed by atoms with van der Waals surface area (Å²) in [4.78, 5) is 0. The highest BCUT2D eigenvalue weighted by Gasteiger charge is 2.37. The highest BCUT2D eigenvalue weighted by molar-refractivity contribution is 4.86. The molecule has 0 aliphatic heterocycles. The lowest BCUT2D eigenvalue weighted by Gasteiger charge is -2.39. The van der Waals surface area contributed by atoms with Gasteiger partial charge in [-0.05, 0) is 74.0 Å². The largest absolute Gasteiger partial charge is 0.244 e. The summed E-state index contributed by atoms with van der Waals surface area (Å²) < 4.78 is 28.3. The molecule has 0 aromatic heterocycles. The van der Waals surface area contributed by atoms with Crippen LogP contribution in [0.25, 0.3) is 0 Å². The molecule has 2 saturated carbocycles. The SMILES string of the molecule is CC.CC1CCC(C2CCC(C(C)C(F)C(F)C(C)C)CC2)CC1. The zero-order valence-corrected chi connectivity index (χ0v) is 17.0. The van der Waals surface area contributed by atoms with Crippen LogP contribution in [0.2, 0.25) is 0 Å². The molecule has 144 valence electrons. The van der Waals surface area contributed by atoms with Gasteiger partial charge in [0.15, 0.2) is 0 Å². The van der Waals surface area contributed by atoms with Crippen molar-refractivity contribution >= 4 is 0 Å². The predicted molar refractivity (Wildman–Crippen MR) is 102 cm³/mol. The van der Waals surface area contributed by atoms with Gasteiger partial charge in [0, 0.05) is 0 Å². The molecule has 0 aromatic rings. The van der Waals surface area contributed by atoms with E-state index in [4.69, 9.17) is 0 Å². The molecular weight excluding hydrogens is 302 g/mol. The van der Waals surface area contributed by atoms with Gasteiger partial charge in [0.1, 0.15) is 12.3 Å². The van der Waals surface area contributed by atoms with Crippen molar-refractivity contribution in [2.24, 2.45) is 35.5 Å². The van der Waals surface area contributed by atoms with Crippen LogP contribution >= 0.6 is 0 Å². The fourth-order valence-electron chi connectivity index (χ4n) is 4.82. The van der Waals surface area contributed by atoms with Gasteiger partial charge in [-0.1, -0.05) is 54.4 Å². The second-order valence-corrected chi connectivity index (χ2v) is 8.69. The molecule has 0 saturated heterocycles. The van der Waals surface area contributed by atoms with Crippen LogP contribution in [0.4, 0.5) is 8.78 Å². The van der Waals surface area contributed by atoms with Crippen LogP contribution in [0.15, 0.2) is 0 Å². The van der Waals surface area contributed by atoms with Crippen molar-refractivity contribution in [3.05, 3.63) is 0 Å². The van der Waals surface area contributed by atoms with Gasteiger partial charge in [-0.25, -0.2) is 8.78 Å². The summed E-state index contributed by atoms with van der Waals surface area (Å²) in [7, 11) is 0. The molecule has 0 spiro atoms. The van der Waals surface area contributed by atoms with E-state index in [-0.39, 0.29) is 11.8 Å². The van der Waals surface area contributed by atoms with Crippen LogP contribution in [0.5, 0.6) is 0 Å². The van der Waals surface area contributed by atoms with Gasteiger partial charge in [0.05, 0.1) is 0 Å². The van der Waals surface area contributed by atoms with Gasteiger partial charge >= 0.3 is 0 Å². The normalized spacial score (nSPS) is 34.9. The quantitative estimate of drug-likeness (QED) is 0.481. The number of halogens is 2. The zero-order chi connectivity index (χ0) is 18.3. The summed E-state index contributed by atoms with van der Waals surface area (Å²) in [5.74, 6) is 2.75. The maximum atomic E-state index is 14.3. The van der Waals surface area contributed by atoms with Crippen LogP contribution in [0.3, 0.4) is 0 Å². The fraction of sp³-hybridized carbons (Fsp3) is 1.00. The average molecular weight is 345 g/mol. The highest BCUT2D eigenvalue weighted by Crippen LogP contribution is 2.44. The number of rotatable bonds is 5. The predicted octanol–water partition coefficient (Wildman–Crippen LogP) is 7.61. The molecule has 2 heteroatoms. The van der Waals surface area contributed by atoms with E-state index in [2.05, 4.69) is 6.92 Å². The van der Waals surface area contributed by atoms with Crippen molar-refractivity contribution in [1.82, 2.24) is 0 Å². The van der Waals surface area contributed by atoms with E-state index in [0.29, 0.717) is 5.92 Å². The van der Waals surface area contributed by atoms with E-state index in [9.17, 15) is 8.78 Å². The van der Waals surface area contributed by atoms with Crippen LogP contribution in [0, 0.1) is 35.5 Å². The molecule has 3 atom stereocenters. The van der Waals surface area contributed by atoms with E-state index < -0.39 is 12.3 Å². The monoisotopic (exact) mass is 344 g/mol. The van der Waals surface area contributed by atoms with Crippen LogP contribution in [-0.2, 0) is 0 Å². The second kappa shape index (κ2) is 10.8. The van der Waals surface area contributed by atoms with E-state index in [1.165, 1.54) is 38.5 Å². The standard InChI is InChI=1S/C20H36F2.C2H6/c1-13(2)19(21)20(22)15(4)16-9-11-18(12-10-16)17-7-5-14(3)6-8-17;1-2/h13-20H,5-12H2,1-4H3;1-2H3. The van der Waals surface area contributed by atoms with Crippen LogP contribution < -0.4 is 0 Å². The number of hydrogen-bond donors (Lipinski definition) is 0. The Morgan fingerprint density at radius 2 is 1.08 bits per heavy atom. The molecule has 0 amide bonds. The summed E-state index contributed by atoms with van der Waals surface area (Å²) in [6.07, 6.45) is 7.74. The third-order valence-corrected chi connectivity index (χ3v) is 6.73. The molecule has 0 N–H and O–H groups in total. The van der Waals surface area contributed by atoms with Gasteiger partial charge in [0.2, 0.25) is 0 Å². The van der Waals surface area contributed by atoms with Gasteiger partial charge in [-0.15, -0.1) is 0 Å². The molecule has 0 radical (unpaired) electrons. The van der Waals surface area contributed by atoms with Crippen LogP contribution in [-0.4, -0.2) is 12.3 Å². The van der Waals surface area contributed by atoms with E-state index in [1.807, 2.05) is 20.8 Å². The van der Waals surface area contributed by atoms with Gasteiger partial charge in [0.25, 0.3) is 0 Å². The Morgan fingerprint density at radius 3 is 1.50 bits per heavy atom. The van der Waals surface area contributed by atoms with E-state index in [0.717, 1.165) is 30.6 Å². The average Bonchev–Trinajstić information content (AvgIpc) is 2.62. The Labute approximate surface area is 150 Å².